The van der Waals surface area contributed by atoms with E-state index in [1.54, 1.807) is 0 Å². The monoisotopic (exact) mass is 472 g/mol. The molecule has 5 heteroatoms. The van der Waals surface area contributed by atoms with Crippen molar-refractivity contribution < 1.29 is 24.2 Å². The predicted molar refractivity (Wildman–Crippen MR) is 131 cm³/mol. The van der Waals surface area contributed by atoms with Gasteiger partial charge in [-0.2, -0.15) is 0 Å². The Kier molecular flexibility index (Phi) is 7.17. The smallest absolute Gasteiger partial charge is 0.302 e. The molecule has 0 amide bonds. The highest BCUT2D eigenvalue weighted by molar-refractivity contribution is 5.92. The number of ketones is 2. The molecule has 3 fully saturated rings. The third-order valence-electron chi connectivity index (χ3n) is 10.5. The van der Waals surface area contributed by atoms with E-state index in [1.807, 2.05) is 13.8 Å². The number of carbonyl (C=O) groups is 3. The number of carbonyl (C=O) groups excluding carboxylic acids is 3. The molecule has 9 atom stereocenters. The second-order valence-electron chi connectivity index (χ2n) is 12.6. The van der Waals surface area contributed by atoms with Crippen molar-refractivity contribution in [2.75, 3.05) is 6.61 Å². The number of ether oxygens (including phenoxy) is 1. The minimum Gasteiger partial charge on any atom is -0.466 e. The van der Waals surface area contributed by atoms with Gasteiger partial charge in [-0.3, -0.25) is 14.4 Å². The van der Waals surface area contributed by atoms with E-state index in [1.165, 1.54) is 12.5 Å². The van der Waals surface area contributed by atoms with Crippen LogP contribution < -0.4 is 0 Å². The molecule has 0 aliphatic heterocycles. The van der Waals surface area contributed by atoms with Crippen molar-refractivity contribution in [2.45, 2.75) is 98.5 Å². The first-order valence-electron chi connectivity index (χ1n) is 13.5. The van der Waals surface area contributed by atoms with Gasteiger partial charge in [0.15, 0.2) is 0 Å². The van der Waals surface area contributed by atoms with Gasteiger partial charge < -0.3 is 9.84 Å². The van der Waals surface area contributed by atoms with E-state index < -0.39 is 0 Å². The van der Waals surface area contributed by atoms with E-state index >= 15 is 0 Å². The number of aliphatic hydroxyl groups excluding tert-OH is 1. The molecule has 4 rings (SSSR count). The van der Waals surface area contributed by atoms with E-state index in [9.17, 15) is 19.5 Å². The summed E-state index contributed by atoms with van der Waals surface area (Å²) in [5.74, 6) is 1.31. The zero-order valence-corrected chi connectivity index (χ0v) is 21.8. The Morgan fingerprint density at radius 2 is 1.88 bits per heavy atom. The van der Waals surface area contributed by atoms with Crippen molar-refractivity contribution >= 4 is 17.5 Å². The Bertz CT molecular complexity index is 861. The van der Waals surface area contributed by atoms with Crippen LogP contribution in [0, 0.1) is 46.3 Å². The Morgan fingerprint density at radius 1 is 1.15 bits per heavy atom. The molecule has 0 aromatic rings. The van der Waals surface area contributed by atoms with Gasteiger partial charge in [-0.25, -0.2) is 0 Å². The molecule has 4 aliphatic carbocycles. The van der Waals surface area contributed by atoms with Gasteiger partial charge in [0.2, 0.25) is 0 Å². The summed E-state index contributed by atoms with van der Waals surface area (Å²) in [6.45, 7) is 10.4. The molecule has 0 heterocycles. The van der Waals surface area contributed by atoms with Gasteiger partial charge in [-0.1, -0.05) is 39.3 Å². The maximum Gasteiger partial charge on any atom is 0.302 e. The molecule has 4 aliphatic rings. The average Bonchev–Trinajstić information content (AvgIpc) is 3.05. The number of rotatable bonds is 7. The highest BCUT2D eigenvalue weighted by Crippen LogP contribution is 2.66. The predicted octanol–water partition coefficient (Wildman–Crippen LogP) is 5.29. The number of esters is 1. The number of hydrogen-bond acceptors (Lipinski definition) is 5. The lowest BCUT2D eigenvalue weighted by Crippen LogP contribution is -2.51. The van der Waals surface area contributed by atoms with Crippen LogP contribution in [-0.2, 0) is 19.1 Å². The van der Waals surface area contributed by atoms with Gasteiger partial charge >= 0.3 is 5.97 Å². The first kappa shape index (κ1) is 25.6. The van der Waals surface area contributed by atoms with Crippen LogP contribution >= 0.6 is 0 Å². The van der Waals surface area contributed by atoms with Crippen LogP contribution in [0.5, 0.6) is 0 Å². The summed E-state index contributed by atoms with van der Waals surface area (Å²) in [5, 5.41) is 10.2. The summed E-state index contributed by atoms with van der Waals surface area (Å²) in [6.07, 6.45) is 9.80. The van der Waals surface area contributed by atoms with Gasteiger partial charge in [0.05, 0.1) is 12.7 Å². The van der Waals surface area contributed by atoms with E-state index in [0.29, 0.717) is 49.4 Å². The van der Waals surface area contributed by atoms with E-state index in [4.69, 9.17) is 4.74 Å². The van der Waals surface area contributed by atoms with Crippen molar-refractivity contribution in [3.8, 4) is 0 Å². The number of fused-ring (bicyclic) bond motifs is 5. The fourth-order valence-electron chi connectivity index (χ4n) is 8.47. The minimum absolute atomic E-state index is 0.105. The first-order chi connectivity index (χ1) is 16.0. The van der Waals surface area contributed by atoms with Crippen LogP contribution in [0.15, 0.2) is 11.6 Å². The number of allylic oxidation sites excluding steroid dienone is 1. The van der Waals surface area contributed by atoms with Crippen molar-refractivity contribution in [1.82, 2.24) is 0 Å². The summed E-state index contributed by atoms with van der Waals surface area (Å²) < 4.78 is 5.08. The largest absolute Gasteiger partial charge is 0.466 e. The molecule has 0 spiro atoms. The molecule has 0 saturated heterocycles. The number of Topliss-reactive ketones (excluding diaryl/α,β-unsaturated/α-hetero) is 2. The summed E-state index contributed by atoms with van der Waals surface area (Å²) in [4.78, 5) is 37.7. The summed E-state index contributed by atoms with van der Waals surface area (Å²) >= 11 is 0. The molecular weight excluding hydrogens is 428 g/mol. The lowest BCUT2D eigenvalue weighted by molar-refractivity contribution is -0.142. The highest BCUT2D eigenvalue weighted by Gasteiger charge is 2.62. The molecule has 0 radical (unpaired) electrons. The fourth-order valence-corrected chi connectivity index (χ4v) is 8.47. The molecule has 0 bridgehead atoms. The fraction of sp³-hybridized carbons (Fsp3) is 0.828. The Morgan fingerprint density at radius 3 is 2.59 bits per heavy atom. The van der Waals surface area contributed by atoms with Gasteiger partial charge in [0.25, 0.3) is 0 Å². The summed E-state index contributed by atoms with van der Waals surface area (Å²) in [6, 6.07) is 0. The second kappa shape index (κ2) is 9.52. The van der Waals surface area contributed by atoms with Crippen LogP contribution in [0.3, 0.4) is 0 Å². The maximum absolute atomic E-state index is 13.4. The van der Waals surface area contributed by atoms with Gasteiger partial charge in [0.1, 0.15) is 11.6 Å². The third kappa shape index (κ3) is 4.42. The van der Waals surface area contributed by atoms with Crippen LogP contribution in [0.1, 0.15) is 92.4 Å². The average molecular weight is 473 g/mol. The maximum atomic E-state index is 13.4. The second-order valence-corrected chi connectivity index (χ2v) is 12.6. The molecule has 34 heavy (non-hydrogen) atoms. The number of hydrogen-bond donors (Lipinski definition) is 1. The molecule has 1 unspecified atom stereocenters. The Balaban J connectivity index is 1.46. The zero-order chi connectivity index (χ0) is 24.8. The van der Waals surface area contributed by atoms with Crippen molar-refractivity contribution in [2.24, 2.45) is 46.3 Å². The molecule has 0 aromatic carbocycles. The number of aliphatic hydroxyl groups is 1. The van der Waals surface area contributed by atoms with Crippen LogP contribution in [0.4, 0.5) is 0 Å². The lowest BCUT2D eigenvalue weighted by Gasteiger charge is -2.58. The van der Waals surface area contributed by atoms with Crippen molar-refractivity contribution in [1.29, 1.82) is 0 Å². The topological polar surface area (TPSA) is 80.7 Å². The lowest BCUT2D eigenvalue weighted by atomic mass is 9.47. The summed E-state index contributed by atoms with van der Waals surface area (Å²) in [5.41, 5.74) is 1.50. The Hall–Kier alpha value is -1.49. The Labute approximate surface area is 205 Å². The molecule has 0 aromatic heterocycles. The quantitative estimate of drug-likeness (QED) is 0.402. The normalized spacial score (nSPS) is 40.9. The van der Waals surface area contributed by atoms with Gasteiger partial charge in [0, 0.05) is 31.6 Å². The van der Waals surface area contributed by atoms with E-state index in [2.05, 4.69) is 19.9 Å². The summed E-state index contributed by atoms with van der Waals surface area (Å²) in [7, 11) is 0. The molecule has 3 saturated carbocycles. The third-order valence-corrected chi connectivity index (χ3v) is 10.5. The standard InChI is InChI=1S/C29H44O5/c1-17(16-34-19(3)30)6-9-25(32)18(2)27-26(33)15-24-22-8-7-20-14-21(31)10-12-28(20,4)23(22)11-13-29(24,27)5/h7,17-18,21-24,27,31H,6,8-16H2,1-5H3/t17-,18-,21-,22+,23-,24-,27?,28-,29-/m0/s1. The van der Waals surface area contributed by atoms with Crippen LogP contribution in [0.2, 0.25) is 0 Å². The first-order valence-corrected chi connectivity index (χ1v) is 13.5. The van der Waals surface area contributed by atoms with Gasteiger partial charge in [-0.15, -0.1) is 0 Å². The highest BCUT2D eigenvalue weighted by atomic mass is 16.5. The molecule has 1 N–H and O–H groups in total. The molecule has 190 valence electrons. The minimum atomic E-state index is -0.291. The van der Waals surface area contributed by atoms with Gasteiger partial charge in [-0.05, 0) is 79.4 Å². The van der Waals surface area contributed by atoms with Crippen LogP contribution in [-0.4, -0.2) is 35.4 Å². The van der Waals surface area contributed by atoms with E-state index in [-0.39, 0.29) is 46.4 Å². The van der Waals surface area contributed by atoms with E-state index in [0.717, 1.165) is 38.5 Å². The SMILES string of the molecule is CC(=O)OC[C@@H](C)CCC(=O)[C@H](C)C1C(=O)C[C@H]2[C@@H]3CC=C4C[C@@H](O)CC[C@]4(C)[C@H]3CC[C@]12C. The van der Waals surface area contributed by atoms with Crippen molar-refractivity contribution in [3.63, 3.8) is 0 Å². The molecular formula is C29H44O5. The molecule has 5 nitrogen and oxygen atoms in total. The van der Waals surface area contributed by atoms with Crippen molar-refractivity contribution in [3.05, 3.63) is 11.6 Å². The van der Waals surface area contributed by atoms with Crippen LogP contribution in [0.25, 0.3) is 0 Å². The zero-order valence-electron chi connectivity index (χ0n) is 21.8.